The van der Waals surface area contributed by atoms with E-state index >= 15 is 0 Å². The molecule has 1 rings (SSSR count). The Labute approximate surface area is 146 Å². The number of benzene rings is 1. The molecule has 5 nitrogen and oxygen atoms in total. The fraction of sp³-hybridized carbons (Fsp3) is 0.529. The van der Waals surface area contributed by atoms with Gasteiger partial charge in [0.25, 0.3) is 0 Å². The highest BCUT2D eigenvalue weighted by atomic mass is 19.4. The molecule has 8 heteroatoms. The molecule has 0 unspecified atom stereocenters. The molecule has 0 amide bonds. The van der Waals surface area contributed by atoms with Gasteiger partial charge in [0.05, 0.1) is 5.56 Å². The molecule has 0 spiro atoms. The van der Waals surface area contributed by atoms with Crippen molar-refractivity contribution in [1.82, 2.24) is 0 Å². The molecule has 1 aromatic rings. The second-order valence-corrected chi connectivity index (χ2v) is 5.71. The number of rotatable bonds is 8. The molecular weight excluding hydrogens is 331 g/mol. The highest BCUT2D eigenvalue weighted by Crippen LogP contribution is 2.30. The van der Waals surface area contributed by atoms with Gasteiger partial charge in [0.2, 0.25) is 11.9 Å². The predicted molar refractivity (Wildman–Crippen MR) is 96.6 cm³/mol. The number of unbranched alkanes of at least 4 members (excludes halogenated alkanes) is 5. The highest BCUT2D eigenvalue weighted by molar-refractivity contribution is 6.00. The topological polar surface area (TPSA) is 88.8 Å². The van der Waals surface area contributed by atoms with Gasteiger partial charge in [0.15, 0.2) is 0 Å². The fourth-order valence-electron chi connectivity index (χ4n) is 2.19. The van der Waals surface area contributed by atoms with Crippen LogP contribution in [0.15, 0.2) is 34.3 Å². The third kappa shape index (κ3) is 8.97. The van der Waals surface area contributed by atoms with Gasteiger partial charge in [-0.1, -0.05) is 45.1 Å². The van der Waals surface area contributed by atoms with Gasteiger partial charge in [-0.3, -0.25) is 4.99 Å². The number of aliphatic imine (C=N–C) groups is 2. The second kappa shape index (κ2) is 10.6. The van der Waals surface area contributed by atoms with E-state index in [0.29, 0.717) is 6.54 Å². The molecule has 0 aliphatic rings. The quantitative estimate of drug-likeness (QED) is 0.372. The van der Waals surface area contributed by atoms with Crippen molar-refractivity contribution >= 4 is 17.6 Å². The van der Waals surface area contributed by atoms with Crippen LogP contribution in [0, 0.1) is 0 Å². The van der Waals surface area contributed by atoms with Crippen LogP contribution in [0.25, 0.3) is 0 Å². The number of hydrogen-bond acceptors (Lipinski definition) is 1. The Morgan fingerprint density at radius 3 is 2.44 bits per heavy atom. The van der Waals surface area contributed by atoms with Gasteiger partial charge in [-0.25, -0.2) is 0 Å². The number of alkyl halides is 3. The predicted octanol–water partition coefficient (Wildman–Crippen LogP) is 4.11. The first kappa shape index (κ1) is 20.8. The molecule has 140 valence electrons. The lowest BCUT2D eigenvalue weighted by Gasteiger charge is -2.10. The Bertz CT molecular complexity index is 582. The molecule has 0 aromatic heterocycles. The van der Waals surface area contributed by atoms with Crippen molar-refractivity contribution in [2.75, 3.05) is 11.9 Å². The van der Waals surface area contributed by atoms with Crippen molar-refractivity contribution in [3.63, 3.8) is 0 Å². The Balaban J connectivity index is 2.47. The van der Waals surface area contributed by atoms with Crippen molar-refractivity contribution in [1.29, 1.82) is 0 Å². The van der Waals surface area contributed by atoms with Gasteiger partial charge in [-0.15, -0.1) is 0 Å². The molecule has 0 radical (unpaired) electrons. The summed E-state index contributed by atoms with van der Waals surface area (Å²) in [5.41, 5.74) is 10.7. The van der Waals surface area contributed by atoms with Gasteiger partial charge in [0.1, 0.15) is 0 Å². The van der Waals surface area contributed by atoms with E-state index in [9.17, 15) is 13.2 Å². The highest BCUT2D eigenvalue weighted by Gasteiger charge is 2.30. The number of halogens is 3. The summed E-state index contributed by atoms with van der Waals surface area (Å²) >= 11 is 0. The molecule has 0 fully saturated rings. The van der Waals surface area contributed by atoms with E-state index in [2.05, 4.69) is 22.2 Å². The van der Waals surface area contributed by atoms with Crippen molar-refractivity contribution < 1.29 is 13.2 Å². The molecule has 0 atom stereocenters. The molecule has 1 aromatic carbocycles. The van der Waals surface area contributed by atoms with Crippen LogP contribution in [0.4, 0.5) is 18.9 Å². The SMILES string of the molecule is CCCCCCCCN=C(N)N=C(N)Nc1cccc(C(F)(F)F)c1. The van der Waals surface area contributed by atoms with Gasteiger partial charge >= 0.3 is 6.18 Å². The third-order valence-corrected chi connectivity index (χ3v) is 3.48. The zero-order valence-corrected chi connectivity index (χ0v) is 14.4. The maximum atomic E-state index is 12.7. The molecule has 0 saturated heterocycles. The maximum Gasteiger partial charge on any atom is 0.416 e. The largest absolute Gasteiger partial charge is 0.416 e. The summed E-state index contributed by atoms with van der Waals surface area (Å²) in [4.78, 5) is 7.93. The van der Waals surface area contributed by atoms with Crippen LogP contribution in [0.3, 0.4) is 0 Å². The first-order valence-corrected chi connectivity index (χ1v) is 8.41. The first-order chi connectivity index (χ1) is 11.8. The normalized spacial score (nSPS) is 13.1. The maximum absolute atomic E-state index is 12.7. The Morgan fingerprint density at radius 2 is 1.76 bits per heavy atom. The minimum Gasteiger partial charge on any atom is -0.369 e. The van der Waals surface area contributed by atoms with Crippen LogP contribution in [0.5, 0.6) is 0 Å². The smallest absolute Gasteiger partial charge is 0.369 e. The summed E-state index contributed by atoms with van der Waals surface area (Å²) in [6.45, 7) is 2.72. The van der Waals surface area contributed by atoms with E-state index in [0.717, 1.165) is 25.0 Å². The van der Waals surface area contributed by atoms with Gasteiger partial charge in [0, 0.05) is 12.2 Å². The monoisotopic (exact) mass is 357 g/mol. The van der Waals surface area contributed by atoms with Crippen molar-refractivity contribution in [2.24, 2.45) is 21.5 Å². The van der Waals surface area contributed by atoms with Crippen molar-refractivity contribution in [3.8, 4) is 0 Å². The number of nitrogens with two attached hydrogens (primary N) is 2. The first-order valence-electron chi connectivity index (χ1n) is 8.41. The Kier molecular flexibility index (Phi) is 8.80. The molecule has 0 heterocycles. The number of nitrogens with zero attached hydrogens (tertiary/aromatic N) is 2. The summed E-state index contributed by atoms with van der Waals surface area (Å²) < 4.78 is 38.0. The fourth-order valence-corrected chi connectivity index (χ4v) is 2.19. The lowest BCUT2D eigenvalue weighted by atomic mass is 10.1. The molecule has 0 aliphatic carbocycles. The Hall–Kier alpha value is -2.25. The Morgan fingerprint density at radius 1 is 1.08 bits per heavy atom. The van der Waals surface area contributed by atoms with Crippen LogP contribution in [-0.2, 0) is 6.18 Å². The molecule has 0 aliphatic heterocycles. The van der Waals surface area contributed by atoms with Crippen LogP contribution < -0.4 is 16.8 Å². The van der Waals surface area contributed by atoms with E-state index in [-0.39, 0.29) is 17.6 Å². The summed E-state index contributed by atoms with van der Waals surface area (Å²) in [5, 5.41) is 2.58. The summed E-state index contributed by atoms with van der Waals surface area (Å²) in [6, 6.07) is 4.68. The van der Waals surface area contributed by atoms with E-state index in [4.69, 9.17) is 11.5 Å². The zero-order valence-electron chi connectivity index (χ0n) is 14.4. The van der Waals surface area contributed by atoms with Crippen LogP contribution in [0.1, 0.15) is 51.0 Å². The lowest BCUT2D eigenvalue weighted by molar-refractivity contribution is -0.137. The van der Waals surface area contributed by atoms with Crippen LogP contribution in [0.2, 0.25) is 0 Å². The summed E-state index contributed by atoms with van der Waals surface area (Å²) in [7, 11) is 0. The van der Waals surface area contributed by atoms with Crippen molar-refractivity contribution in [3.05, 3.63) is 29.8 Å². The van der Waals surface area contributed by atoms with E-state index < -0.39 is 11.7 Å². The number of nitrogens with one attached hydrogen (secondary N) is 1. The van der Waals surface area contributed by atoms with E-state index in [1.54, 1.807) is 0 Å². The van der Waals surface area contributed by atoms with Crippen LogP contribution >= 0.6 is 0 Å². The average molecular weight is 357 g/mol. The van der Waals surface area contributed by atoms with E-state index in [1.807, 2.05) is 0 Å². The molecule has 0 saturated carbocycles. The lowest BCUT2D eigenvalue weighted by Crippen LogP contribution is -2.26. The number of anilines is 1. The van der Waals surface area contributed by atoms with E-state index in [1.165, 1.54) is 37.8 Å². The summed E-state index contributed by atoms with van der Waals surface area (Å²) in [5.74, 6) is -0.103. The minimum absolute atomic E-state index is 0.00512. The molecule has 25 heavy (non-hydrogen) atoms. The van der Waals surface area contributed by atoms with Crippen molar-refractivity contribution in [2.45, 2.75) is 51.6 Å². The van der Waals surface area contributed by atoms with Crippen LogP contribution in [-0.4, -0.2) is 18.5 Å². The number of hydrogen-bond donors (Lipinski definition) is 3. The van der Waals surface area contributed by atoms with Gasteiger partial charge in [-0.2, -0.15) is 18.2 Å². The average Bonchev–Trinajstić information content (AvgIpc) is 2.53. The molecular formula is C17H26F3N5. The number of guanidine groups is 2. The van der Waals surface area contributed by atoms with Gasteiger partial charge in [-0.05, 0) is 24.6 Å². The van der Waals surface area contributed by atoms with Gasteiger partial charge < -0.3 is 16.8 Å². The standard InChI is InChI=1S/C17H26F3N5/c1-2-3-4-5-6-7-11-23-15(21)25-16(22)24-14-10-8-9-13(12-14)17(18,19)20/h8-10,12H,2-7,11H2,1H3,(H5,21,22,23,24,25). The second-order valence-electron chi connectivity index (χ2n) is 5.71. The summed E-state index contributed by atoms with van der Waals surface area (Å²) in [6.07, 6.45) is 2.43. The molecule has 0 bridgehead atoms. The molecule has 5 N–H and O–H groups in total. The third-order valence-electron chi connectivity index (χ3n) is 3.48. The zero-order chi connectivity index (χ0) is 18.7. The minimum atomic E-state index is -4.42.